The Hall–Kier alpha value is -0.940. The first-order valence-electron chi connectivity index (χ1n) is 5.09. The van der Waals surface area contributed by atoms with E-state index in [1.165, 1.54) is 12.1 Å². The van der Waals surface area contributed by atoms with E-state index in [9.17, 15) is 0 Å². The number of nitrogens with zero attached hydrogens (tertiary/aromatic N) is 3. The van der Waals surface area contributed by atoms with Gasteiger partial charge in [0.25, 0.3) is 0 Å². The molecule has 2 unspecified atom stereocenters. The van der Waals surface area contributed by atoms with Crippen LogP contribution in [-0.4, -0.2) is 34.1 Å². The smallest absolute Gasteiger partial charge is 0.0728 e. The number of hydrogen-bond acceptors (Lipinski definition) is 4. The van der Waals surface area contributed by atoms with Gasteiger partial charge in [0.2, 0.25) is 0 Å². The number of nitrogens with one attached hydrogen (secondary N) is 1. The Morgan fingerprint density at radius 1 is 1.64 bits per heavy atom. The first-order valence-corrected chi connectivity index (χ1v) is 5.09. The van der Waals surface area contributed by atoms with E-state index in [0.29, 0.717) is 12.0 Å². The van der Waals surface area contributed by atoms with Crippen LogP contribution in [0.3, 0.4) is 0 Å². The SMILES string of the molecule is Cn1nncc1C1CCC(CN)NC1. The van der Waals surface area contributed by atoms with Crippen LogP contribution in [0, 0.1) is 0 Å². The molecule has 1 aliphatic rings. The minimum absolute atomic E-state index is 0.493. The van der Waals surface area contributed by atoms with E-state index >= 15 is 0 Å². The maximum absolute atomic E-state index is 5.60. The van der Waals surface area contributed by atoms with E-state index in [1.54, 1.807) is 0 Å². The second-order valence-electron chi connectivity index (χ2n) is 3.90. The van der Waals surface area contributed by atoms with E-state index in [0.717, 1.165) is 19.5 Å². The van der Waals surface area contributed by atoms with Crippen LogP contribution in [0.25, 0.3) is 0 Å². The predicted molar refractivity (Wildman–Crippen MR) is 53.8 cm³/mol. The number of hydrogen-bond donors (Lipinski definition) is 2. The third-order valence-corrected chi connectivity index (χ3v) is 2.97. The van der Waals surface area contributed by atoms with Gasteiger partial charge in [-0.05, 0) is 12.8 Å². The van der Waals surface area contributed by atoms with Crippen molar-refractivity contribution < 1.29 is 0 Å². The van der Waals surface area contributed by atoms with Gasteiger partial charge in [0.15, 0.2) is 0 Å². The van der Waals surface area contributed by atoms with Crippen molar-refractivity contribution in [2.45, 2.75) is 24.8 Å². The second-order valence-corrected chi connectivity index (χ2v) is 3.90. The van der Waals surface area contributed by atoms with Gasteiger partial charge in [-0.2, -0.15) is 0 Å². The second kappa shape index (κ2) is 4.06. The van der Waals surface area contributed by atoms with Gasteiger partial charge in [-0.25, -0.2) is 0 Å². The number of nitrogens with two attached hydrogens (primary N) is 1. The molecule has 0 spiro atoms. The number of rotatable bonds is 2. The molecule has 0 radical (unpaired) electrons. The Balaban J connectivity index is 1.99. The fraction of sp³-hybridized carbons (Fsp3) is 0.778. The summed E-state index contributed by atoms with van der Waals surface area (Å²) in [6.07, 6.45) is 4.18. The molecule has 1 aromatic rings. The zero-order valence-corrected chi connectivity index (χ0v) is 8.48. The highest BCUT2D eigenvalue weighted by atomic mass is 15.4. The molecule has 1 fully saturated rings. The topological polar surface area (TPSA) is 68.8 Å². The zero-order chi connectivity index (χ0) is 9.97. The minimum atomic E-state index is 0.493. The minimum Gasteiger partial charge on any atom is -0.329 e. The summed E-state index contributed by atoms with van der Waals surface area (Å²) < 4.78 is 1.86. The first kappa shape index (κ1) is 9.61. The molecule has 2 rings (SSSR count). The van der Waals surface area contributed by atoms with Gasteiger partial charge < -0.3 is 11.1 Å². The van der Waals surface area contributed by atoms with Crippen LogP contribution in [0.4, 0.5) is 0 Å². The summed E-state index contributed by atoms with van der Waals surface area (Å²) in [5.74, 6) is 0.540. The molecule has 3 N–H and O–H groups in total. The van der Waals surface area contributed by atoms with Crippen molar-refractivity contribution in [3.63, 3.8) is 0 Å². The lowest BCUT2D eigenvalue weighted by atomic mass is 9.92. The first-order chi connectivity index (χ1) is 6.81. The summed E-state index contributed by atoms with van der Waals surface area (Å²) in [5.41, 5.74) is 6.82. The summed E-state index contributed by atoms with van der Waals surface area (Å²) in [6, 6.07) is 0.493. The third kappa shape index (κ3) is 1.78. The largest absolute Gasteiger partial charge is 0.329 e. The third-order valence-electron chi connectivity index (χ3n) is 2.97. The van der Waals surface area contributed by atoms with Crippen molar-refractivity contribution in [3.8, 4) is 0 Å². The van der Waals surface area contributed by atoms with Crippen LogP contribution >= 0.6 is 0 Å². The molecular weight excluding hydrogens is 178 g/mol. The monoisotopic (exact) mass is 195 g/mol. The highest BCUT2D eigenvalue weighted by molar-refractivity contribution is 5.05. The maximum Gasteiger partial charge on any atom is 0.0728 e. The van der Waals surface area contributed by atoms with Crippen LogP contribution < -0.4 is 11.1 Å². The van der Waals surface area contributed by atoms with Crippen molar-refractivity contribution >= 4 is 0 Å². The maximum atomic E-state index is 5.60. The van der Waals surface area contributed by atoms with E-state index < -0.39 is 0 Å². The van der Waals surface area contributed by atoms with Gasteiger partial charge in [-0.15, -0.1) is 5.10 Å². The van der Waals surface area contributed by atoms with E-state index in [2.05, 4.69) is 15.6 Å². The molecule has 1 aromatic heterocycles. The molecule has 14 heavy (non-hydrogen) atoms. The van der Waals surface area contributed by atoms with Gasteiger partial charge in [0.1, 0.15) is 0 Å². The average molecular weight is 195 g/mol. The quantitative estimate of drug-likeness (QED) is 0.674. The molecule has 2 atom stereocenters. The van der Waals surface area contributed by atoms with E-state index in [-0.39, 0.29) is 0 Å². The van der Waals surface area contributed by atoms with Gasteiger partial charge in [0, 0.05) is 32.1 Å². The van der Waals surface area contributed by atoms with Gasteiger partial charge in [-0.1, -0.05) is 5.21 Å². The van der Waals surface area contributed by atoms with Crippen molar-refractivity contribution in [3.05, 3.63) is 11.9 Å². The lowest BCUT2D eigenvalue weighted by Crippen LogP contribution is -2.42. The van der Waals surface area contributed by atoms with Crippen molar-refractivity contribution in [1.29, 1.82) is 0 Å². The normalized spacial score (nSPS) is 27.9. The van der Waals surface area contributed by atoms with Gasteiger partial charge >= 0.3 is 0 Å². The Labute approximate surface area is 83.7 Å². The van der Waals surface area contributed by atoms with Crippen molar-refractivity contribution in [1.82, 2.24) is 20.3 Å². The molecule has 1 aliphatic heterocycles. The summed E-state index contributed by atoms with van der Waals surface area (Å²) in [5, 5.41) is 11.3. The van der Waals surface area contributed by atoms with Gasteiger partial charge in [0.05, 0.1) is 11.9 Å². The Morgan fingerprint density at radius 2 is 2.50 bits per heavy atom. The van der Waals surface area contributed by atoms with Crippen LogP contribution in [0.1, 0.15) is 24.5 Å². The Morgan fingerprint density at radius 3 is 3.00 bits per heavy atom. The molecule has 0 aliphatic carbocycles. The molecule has 5 heteroatoms. The van der Waals surface area contributed by atoms with Crippen LogP contribution in [0.2, 0.25) is 0 Å². The molecule has 0 bridgehead atoms. The summed E-state index contributed by atoms with van der Waals surface area (Å²) >= 11 is 0. The van der Waals surface area contributed by atoms with E-state index in [1.807, 2.05) is 17.9 Å². The molecule has 0 amide bonds. The molecule has 0 aromatic carbocycles. The highest BCUT2D eigenvalue weighted by Crippen LogP contribution is 2.23. The van der Waals surface area contributed by atoms with E-state index in [4.69, 9.17) is 5.73 Å². The zero-order valence-electron chi connectivity index (χ0n) is 8.48. The molecule has 78 valence electrons. The lowest BCUT2D eigenvalue weighted by molar-refractivity contribution is 0.361. The molecular formula is C9H17N5. The fourth-order valence-corrected chi connectivity index (χ4v) is 2.04. The Bertz CT molecular complexity index is 287. The molecule has 0 saturated carbocycles. The average Bonchev–Trinajstić information content (AvgIpc) is 2.65. The summed E-state index contributed by atoms with van der Waals surface area (Å²) in [6.45, 7) is 1.72. The number of piperidine rings is 1. The number of aromatic nitrogens is 3. The Kier molecular flexibility index (Phi) is 2.79. The van der Waals surface area contributed by atoms with Gasteiger partial charge in [-0.3, -0.25) is 4.68 Å². The molecule has 2 heterocycles. The lowest BCUT2D eigenvalue weighted by Gasteiger charge is -2.28. The van der Waals surface area contributed by atoms with Crippen molar-refractivity contribution in [2.75, 3.05) is 13.1 Å². The standard InChI is InChI=1S/C9H17N5/c1-14-9(6-12-13-14)7-2-3-8(4-10)11-5-7/h6-8,11H,2-5,10H2,1H3. The van der Waals surface area contributed by atoms with Crippen LogP contribution in [0.5, 0.6) is 0 Å². The highest BCUT2D eigenvalue weighted by Gasteiger charge is 2.22. The number of aryl methyl sites for hydroxylation is 1. The van der Waals surface area contributed by atoms with Crippen molar-refractivity contribution in [2.24, 2.45) is 12.8 Å². The summed E-state index contributed by atoms with van der Waals surface area (Å²) in [7, 11) is 1.94. The fourth-order valence-electron chi connectivity index (χ4n) is 2.04. The van der Waals surface area contributed by atoms with Crippen LogP contribution in [0.15, 0.2) is 6.20 Å². The predicted octanol–water partition coefficient (Wildman–Crippen LogP) is -0.391. The molecule has 5 nitrogen and oxygen atoms in total. The van der Waals surface area contributed by atoms with Crippen LogP contribution in [-0.2, 0) is 7.05 Å². The summed E-state index contributed by atoms with van der Waals surface area (Å²) in [4.78, 5) is 0. The molecule has 1 saturated heterocycles.